The highest BCUT2D eigenvalue weighted by molar-refractivity contribution is 5.30. The molecule has 0 saturated heterocycles. The van der Waals surface area contributed by atoms with E-state index in [0.29, 0.717) is 0 Å². The Balaban J connectivity index is 2.07. The fraction of sp³-hybridized carbons (Fsp3) is 0.0667. The predicted octanol–water partition coefficient (Wildman–Crippen LogP) is 2.46. The van der Waals surface area contributed by atoms with Gasteiger partial charge < -0.3 is 0 Å². The number of aromatic nitrogens is 3. The topological polar surface area (TPSA) is 21.7 Å². The van der Waals surface area contributed by atoms with Crippen molar-refractivity contribution in [2.45, 2.75) is 6.92 Å². The average Bonchev–Trinajstić information content (AvgIpc) is 2.83. The molecule has 0 radical (unpaired) electrons. The predicted molar refractivity (Wildman–Crippen MR) is 69.8 cm³/mol. The minimum Gasteiger partial charge on any atom is -0.102 e. The van der Waals surface area contributed by atoms with E-state index in [1.165, 1.54) is 0 Å². The average molecular weight is 236 g/mol. The third-order valence-electron chi connectivity index (χ3n) is 2.85. The lowest BCUT2D eigenvalue weighted by Gasteiger charge is -1.93. The second-order valence-electron chi connectivity index (χ2n) is 4.19. The van der Waals surface area contributed by atoms with Crippen LogP contribution in [-0.4, -0.2) is 9.90 Å². The van der Waals surface area contributed by atoms with E-state index in [-0.39, 0.29) is 0 Å². The Morgan fingerprint density at radius 2 is 1.50 bits per heavy atom. The Bertz CT molecular complexity index is 642. The Labute approximate surface area is 106 Å². The van der Waals surface area contributed by atoms with Crippen molar-refractivity contribution in [1.29, 1.82) is 0 Å². The molecule has 1 aromatic heterocycles. The molecule has 2 aromatic carbocycles. The molecule has 0 aliphatic heterocycles. The van der Waals surface area contributed by atoms with Crippen molar-refractivity contribution in [3.63, 3.8) is 0 Å². The second-order valence-corrected chi connectivity index (χ2v) is 4.19. The van der Waals surface area contributed by atoms with Gasteiger partial charge in [-0.25, -0.2) is 0 Å². The smallest absolute Gasteiger partial charge is 0.102 e. The van der Waals surface area contributed by atoms with Gasteiger partial charge in [0.25, 0.3) is 0 Å². The van der Waals surface area contributed by atoms with E-state index >= 15 is 0 Å². The van der Waals surface area contributed by atoms with E-state index in [9.17, 15) is 0 Å². The zero-order chi connectivity index (χ0) is 12.4. The van der Waals surface area contributed by atoms with Crippen LogP contribution in [-0.2, 0) is 0 Å². The molecule has 0 bridgehead atoms. The molecule has 3 heteroatoms. The van der Waals surface area contributed by atoms with Crippen LogP contribution in [0, 0.1) is 6.92 Å². The summed E-state index contributed by atoms with van der Waals surface area (Å²) >= 11 is 0. The first kappa shape index (κ1) is 10.7. The lowest BCUT2D eigenvalue weighted by molar-refractivity contribution is -0.666. The summed E-state index contributed by atoms with van der Waals surface area (Å²) in [4.78, 5) is 0. The van der Waals surface area contributed by atoms with Gasteiger partial charge in [0.15, 0.2) is 23.3 Å². The quantitative estimate of drug-likeness (QED) is 0.626. The summed E-state index contributed by atoms with van der Waals surface area (Å²) in [5, 5.41) is 4.58. The molecular weight excluding hydrogens is 222 g/mol. The van der Waals surface area contributed by atoms with E-state index in [4.69, 9.17) is 0 Å². The molecule has 0 spiro atoms. The Morgan fingerprint density at radius 1 is 0.889 bits per heavy atom. The van der Waals surface area contributed by atoms with E-state index < -0.39 is 0 Å². The van der Waals surface area contributed by atoms with E-state index in [1.54, 1.807) is 0 Å². The third kappa shape index (κ3) is 1.91. The molecule has 0 atom stereocenters. The van der Waals surface area contributed by atoms with Crippen LogP contribution in [0.1, 0.15) is 5.69 Å². The van der Waals surface area contributed by atoms with Crippen LogP contribution >= 0.6 is 0 Å². The molecule has 88 valence electrons. The molecule has 0 N–H and O–H groups in total. The second kappa shape index (κ2) is 4.45. The van der Waals surface area contributed by atoms with E-state index in [1.807, 2.05) is 64.1 Å². The van der Waals surface area contributed by atoms with Crippen LogP contribution in [0.25, 0.3) is 11.4 Å². The molecule has 3 nitrogen and oxygen atoms in total. The van der Waals surface area contributed by atoms with Crippen molar-refractivity contribution in [1.82, 2.24) is 9.90 Å². The van der Waals surface area contributed by atoms with E-state index in [0.717, 1.165) is 17.1 Å². The highest BCUT2D eigenvalue weighted by atomic mass is 15.5. The molecule has 0 aliphatic rings. The standard InChI is InChI=1S/C15H14N3/c1-13-12-17(14-8-4-2-5-9-14)16-18(13)15-10-6-3-7-11-15/h2-12H,1H3/q+1. The molecule has 3 rings (SSSR count). The number of nitrogens with zero attached hydrogens (tertiary/aromatic N) is 3. The summed E-state index contributed by atoms with van der Waals surface area (Å²) in [6, 6.07) is 20.3. The first-order chi connectivity index (χ1) is 8.84. The lowest BCUT2D eigenvalue weighted by Crippen LogP contribution is -2.36. The van der Waals surface area contributed by atoms with Gasteiger partial charge in [0.1, 0.15) is 5.21 Å². The number of hydrogen-bond donors (Lipinski definition) is 0. The third-order valence-corrected chi connectivity index (χ3v) is 2.85. The fourth-order valence-corrected chi connectivity index (χ4v) is 1.96. The highest BCUT2D eigenvalue weighted by Gasteiger charge is 2.14. The summed E-state index contributed by atoms with van der Waals surface area (Å²) in [5.74, 6) is 0. The van der Waals surface area contributed by atoms with Crippen LogP contribution < -0.4 is 4.68 Å². The largest absolute Gasteiger partial charge is 0.171 e. The molecule has 0 saturated carbocycles. The first-order valence-electron chi connectivity index (χ1n) is 5.94. The molecule has 0 aliphatic carbocycles. The van der Waals surface area contributed by atoms with Crippen LogP contribution in [0.2, 0.25) is 0 Å². The van der Waals surface area contributed by atoms with Crippen molar-refractivity contribution < 1.29 is 4.68 Å². The van der Waals surface area contributed by atoms with Gasteiger partial charge >= 0.3 is 0 Å². The number of para-hydroxylation sites is 2. The minimum absolute atomic E-state index is 1.07. The zero-order valence-corrected chi connectivity index (χ0v) is 10.2. The molecule has 1 heterocycles. The summed E-state index contributed by atoms with van der Waals surface area (Å²) in [7, 11) is 0. The normalized spacial score (nSPS) is 10.5. The molecule has 0 fully saturated rings. The molecule has 0 unspecified atom stereocenters. The lowest BCUT2D eigenvalue weighted by atomic mass is 10.3. The Kier molecular flexibility index (Phi) is 2.65. The van der Waals surface area contributed by atoms with Crippen LogP contribution in [0.3, 0.4) is 0 Å². The Hall–Kier alpha value is -2.42. The number of rotatable bonds is 2. The monoisotopic (exact) mass is 236 g/mol. The highest BCUT2D eigenvalue weighted by Crippen LogP contribution is 2.06. The SMILES string of the molecule is Cc1cn(-c2ccccc2)n[n+]1-c1ccccc1. The van der Waals surface area contributed by atoms with Gasteiger partial charge in [-0.2, -0.15) is 0 Å². The summed E-state index contributed by atoms with van der Waals surface area (Å²) in [6.45, 7) is 2.06. The van der Waals surface area contributed by atoms with Crippen LogP contribution in [0.4, 0.5) is 0 Å². The summed E-state index contributed by atoms with van der Waals surface area (Å²) in [6.07, 6.45) is 2.03. The summed E-state index contributed by atoms with van der Waals surface area (Å²) in [5.41, 5.74) is 3.24. The van der Waals surface area contributed by atoms with Gasteiger partial charge in [-0.1, -0.05) is 41.1 Å². The molecule has 0 amide bonds. The number of aryl methyl sites for hydroxylation is 1. The van der Waals surface area contributed by atoms with Crippen molar-refractivity contribution in [2.75, 3.05) is 0 Å². The number of benzene rings is 2. The van der Waals surface area contributed by atoms with Crippen molar-refractivity contribution in [3.8, 4) is 11.4 Å². The van der Waals surface area contributed by atoms with Crippen molar-refractivity contribution in [3.05, 3.63) is 72.6 Å². The Morgan fingerprint density at radius 3 is 2.17 bits per heavy atom. The summed E-state index contributed by atoms with van der Waals surface area (Å²) < 4.78 is 3.83. The van der Waals surface area contributed by atoms with Gasteiger partial charge in [-0.3, -0.25) is 0 Å². The van der Waals surface area contributed by atoms with Gasteiger partial charge in [-0.05, 0) is 24.3 Å². The minimum atomic E-state index is 1.07. The van der Waals surface area contributed by atoms with Gasteiger partial charge in [0.05, 0.1) is 0 Å². The fourth-order valence-electron chi connectivity index (χ4n) is 1.96. The first-order valence-corrected chi connectivity index (χ1v) is 5.94. The molecule has 3 aromatic rings. The van der Waals surface area contributed by atoms with Crippen molar-refractivity contribution in [2.24, 2.45) is 0 Å². The van der Waals surface area contributed by atoms with Crippen LogP contribution in [0.15, 0.2) is 66.9 Å². The maximum Gasteiger partial charge on any atom is 0.171 e. The van der Waals surface area contributed by atoms with Gasteiger partial charge in [-0.15, -0.1) is 4.68 Å². The van der Waals surface area contributed by atoms with Crippen molar-refractivity contribution >= 4 is 0 Å². The zero-order valence-electron chi connectivity index (χ0n) is 10.2. The number of hydrogen-bond acceptors (Lipinski definition) is 1. The van der Waals surface area contributed by atoms with Gasteiger partial charge in [0.2, 0.25) is 0 Å². The van der Waals surface area contributed by atoms with Crippen LogP contribution in [0.5, 0.6) is 0 Å². The maximum atomic E-state index is 4.58. The molecular formula is C15H14N3+. The van der Waals surface area contributed by atoms with E-state index in [2.05, 4.69) is 24.3 Å². The van der Waals surface area contributed by atoms with Gasteiger partial charge in [0, 0.05) is 6.92 Å². The molecule has 18 heavy (non-hydrogen) atoms. The maximum absolute atomic E-state index is 4.58.